The molecule has 0 spiro atoms. The molecular formula is C21H30N4O5. The molecule has 164 valence electrons. The second kappa shape index (κ2) is 9.15. The van der Waals surface area contributed by atoms with Crippen LogP contribution in [0, 0.1) is 0 Å². The number of likely N-dealkylation sites (N-methyl/N-ethyl adjacent to an activating group) is 2. The second-order valence-electron chi connectivity index (χ2n) is 8.21. The Morgan fingerprint density at radius 1 is 1.07 bits per heavy atom. The van der Waals surface area contributed by atoms with Crippen molar-refractivity contribution in [1.82, 2.24) is 10.6 Å². The van der Waals surface area contributed by atoms with Crippen molar-refractivity contribution in [3.05, 3.63) is 24.3 Å². The van der Waals surface area contributed by atoms with Crippen LogP contribution in [0.5, 0.6) is 0 Å². The molecule has 9 heteroatoms. The van der Waals surface area contributed by atoms with Crippen molar-refractivity contribution in [3.63, 3.8) is 0 Å². The average molecular weight is 418 g/mol. The lowest BCUT2D eigenvalue weighted by Gasteiger charge is -2.25. The normalized spacial score (nSPS) is 15.9. The summed E-state index contributed by atoms with van der Waals surface area (Å²) in [5.41, 5.74) is 0.404. The molecule has 1 aliphatic heterocycles. The van der Waals surface area contributed by atoms with E-state index >= 15 is 0 Å². The van der Waals surface area contributed by atoms with Gasteiger partial charge in [-0.1, -0.05) is 25.5 Å². The van der Waals surface area contributed by atoms with E-state index in [1.165, 1.54) is 9.80 Å². The molecule has 0 radical (unpaired) electrons. The van der Waals surface area contributed by atoms with Gasteiger partial charge in [-0.25, -0.2) is 4.79 Å². The third-order valence-electron chi connectivity index (χ3n) is 4.63. The van der Waals surface area contributed by atoms with E-state index in [1.54, 1.807) is 59.1 Å². The highest BCUT2D eigenvalue weighted by Gasteiger charge is 2.39. The number of benzene rings is 1. The predicted molar refractivity (Wildman–Crippen MR) is 113 cm³/mol. The zero-order valence-electron chi connectivity index (χ0n) is 18.3. The molecule has 9 nitrogen and oxygen atoms in total. The minimum Gasteiger partial charge on any atom is -0.444 e. The Labute approximate surface area is 176 Å². The van der Waals surface area contributed by atoms with Crippen molar-refractivity contribution in [1.29, 1.82) is 0 Å². The van der Waals surface area contributed by atoms with Gasteiger partial charge in [-0.2, -0.15) is 0 Å². The van der Waals surface area contributed by atoms with Crippen LogP contribution in [-0.2, 0) is 19.1 Å². The third-order valence-corrected chi connectivity index (χ3v) is 4.63. The van der Waals surface area contributed by atoms with E-state index in [0.717, 1.165) is 0 Å². The van der Waals surface area contributed by atoms with Crippen LogP contribution in [0.2, 0.25) is 0 Å². The van der Waals surface area contributed by atoms with E-state index in [4.69, 9.17) is 4.74 Å². The maximum atomic E-state index is 12.9. The highest BCUT2D eigenvalue weighted by molar-refractivity contribution is 6.21. The lowest BCUT2D eigenvalue weighted by molar-refractivity contribution is -0.134. The van der Waals surface area contributed by atoms with Crippen LogP contribution in [0.4, 0.5) is 16.2 Å². The van der Waals surface area contributed by atoms with Crippen LogP contribution in [0.15, 0.2) is 24.3 Å². The van der Waals surface area contributed by atoms with Crippen LogP contribution < -0.4 is 20.4 Å². The van der Waals surface area contributed by atoms with Crippen molar-refractivity contribution in [2.45, 2.75) is 58.2 Å². The third kappa shape index (κ3) is 5.28. The molecule has 1 aromatic rings. The van der Waals surface area contributed by atoms with Gasteiger partial charge in [0.05, 0.1) is 11.4 Å². The van der Waals surface area contributed by atoms with Crippen molar-refractivity contribution in [3.8, 4) is 0 Å². The minimum absolute atomic E-state index is 0.325. The smallest absolute Gasteiger partial charge is 0.408 e. The summed E-state index contributed by atoms with van der Waals surface area (Å²) in [7, 11) is 3.10. The van der Waals surface area contributed by atoms with Crippen LogP contribution in [-0.4, -0.2) is 55.6 Å². The molecule has 1 aliphatic rings. The Balaban J connectivity index is 2.21. The number of carbonyl (C=O) groups excluding carboxylic acids is 4. The molecule has 2 rings (SSSR count). The fraction of sp³-hybridized carbons (Fsp3) is 0.524. The number of nitrogens with one attached hydrogen (secondary N) is 2. The molecule has 30 heavy (non-hydrogen) atoms. The van der Waals surface area contributed by atoms with E-state index < -0.39 is 41.5 Å². The van der Waals surface area contributed by atoms with E-state index in [2.05, 4.69) is 10.6 Å². The molecule has 0 saturated heterocycles. The first-order valence-electron chi connectivity index (χ1n) is 9.90. The Morgan fingerprint density at radius 3 is 2.00 bits per heavy atom. The number of carbonyl (C=O) groups is 4. The van der Waals surface area contributed by atoms with E-state index in [1.807, 2.05) is 6.92 Å². The van der Waals surface area contributed by atoms with E-state index in [0.29, 0.717) is 24.2 Å². The largest absolute Gasteiger partial charge is 0.444 e. The number of rotatable bonds is 5. The van der Waals surface area contributed by atoms with Crippen LogP contribution in [0.1, 0.15) is 40.5 Å². The SMILES string of the molecule is CCC[C@H](NC(=O)OC(C)(C)C)C(=O)NC1C(=O)N(C)c2ccccc2N(C)C1=O. The summed E-state index contributed by atoms with van der Waals surface area (Å²) < 4.78 is 5.21. The molecular weight excluding hydrogens is 388 g/mol. The summed E-state index contributed by atoms with van der Waals surface area (Å²) in [6.07, 6.45) is 0.189. The van der Waals surface area contributed by atoms with Crippen molar-refractivity contribution in [2.75, 3.05) is 23.9 Å². The number of alkyl carbamates (subject to hydrolysis) is 1. The van der Waals surface area contributed by atoms with Crippen molar-refractivity contribution >= 4 is 35.2 Å². The number of fused-ring (bicyclic) bond motifs is 1. The van der Waals surface area contributed by atoms with Gasteiger partial charge in [0, 0.05) is 14.1 Å². The summed E-state index contributed by atoms with van der Waals surface area (Å²) in [4.78, 5) is 53.6. The molecule has 4 amide bonds. The molecule has 2 N–H and O–H groups in total. The number of hydrogen-bond donors (Lipinski definition) is 2. The second-order valence-corrected chi connectivity index (χ2v) is 8.21. The maximum Gasteiger partial charge on any atom is 0.408 e. The molecule has 0 aromatic heterocycles. The number of amides is 4. The molecule has 1 atom stereocenters. The Hall–Kier alpha value is -3.10. The van der Waals surface area contributed by atoms with Crippen LogP contribution in [0.25, 0.3) is 0 Å². The van der Waals surface area contributed by atoms with Gasteiger partial charge in [0.15, 0.2) is 6.04 Å². The zero-order chi connectivity index (χ0) is 22.6. The van der Waals surface area contributed by atoms with Gasteiger partial charge in [0.1, 0.15) is 11.6 Å². The molecule has 1 aromatic carbocycles. The summed E-state index contributed by atoms with van der Waals surface area (Å²) in [6.45, 7) is 7.01. The summed E-state index contributed by atoms with van der Waals surface area (Å²) >= 11 is 0. The lowest BCUT2D eigenvalue weighted by atomic mass is 10.1. The quantitative estimate of drug-likeness (QED) is 0.709. The van der Waals surface area contributed by atoms with Gasteiger partial charge >= 0.3 is 6.09 Å². The maximum absolute atomic E-state index is 12.9. The van der Waals surface area contributed by atoms with Crippen LogP contribution >= 0.6 is 0 Å². The monoisotopic (exact) mass is 418 g/mol. The van der Waals surface area contributed by atoms with Gasteiger partial charge in [-0.15, -0.1) is 0 Å². The van der Waals surface area contributed by atoms with Gasteiger partial charge in [-0.3, -0.25) is 14.4 Å². The standard InChI is InChI=1S/C21H30N4O5/c1-7-10-13(22-20(29)30-21(2,3)4)17(26)23-16-18(27)24(5)14-11-8-9-12-15(14)25(6)19(16)28/h8-9,11-13,16H,7,10H2,1-6H3,(H,22,29)(H,23,26)/t13-/m0/s1. The van der Waals surface area contributed by atoms with Crippen molar-refractivity contribution in [2.24, 2.45) is 0 Å². The zero-order valence-corrected chi connectivity index (χ0v) is 18.3. The molecule has 0 saturated carbocycles. The topological polar surface area (TPSA) is 108 Å². The van der Waals surface area contributed by atoms with Gasteiger partial charge in [0.25, 0.3) is 11.8 Å². The van der Waals surface area contributed by atoms with E-state index in [9.17, 15) is 19.2 Å². The lowest BCUT2D eigenvalue weighted by Crippen LogP contribution is -2.58. The van der Waals surface area contributed by atoms with Gasteiger partial charge < -0.3 is 25.2 Å². The molecule has 0 unspecified atom stereocenters. The Kier molecular flexibility index (Phi) is 7.07. The first kappa shape index (κ1) is 23.2. The highest BCUT2D eigenvalue weighted by Crippen LogP contribution is 2.31. The molecule has 0 aliphatic carbocycles. The number of ether oxygens (including phenoxy) is 1. The fourth-order valence-electron chi connectivity index (χ4n) is 3.14. The highest BCUT2D eigenvalue weighted by atomic mass is 16.6. The van der Waals surface area contributed by atoms with Crippen LogP contribution in [0.3, 0.4) is 0 Å². The number of anilines is 2. The summed E-state index contributed by atoms with van der Waals surface area (Å²) in [6, 6.07) is 4.64. The van der Waals surface area contributed by atoms with Gasteiger partial charge in [-0.05, 0) is 39.3 Å². The Bertz CT molecular complexity index is 792. The number of nitrogens with zero attached hydrogens (tertiary/aromatic N) is 2. The number of para-hydroxylation sites is 2. The fourth-order valence-corrected chi connectivity index (χ4v) is 3.14. The molecule has 1 heterocycles. The first-order valence-corrected chi connectivity index (χ1v) is 9.90. The summed E-state index contributed by atoms with van der Waals surface area (Å²) in [5, 5.41) is 5.04. The Morgan fingerprint density at radius 2 is 1.57 bits per heavy atom. The predicted octanol–water partition coefficient (Wildman–Crippen LogP) is 1.80. The minimum atomic E-state index is -1.40. The molecule has 0 fully saturated rings. The number of hydrogen-bond acceptors (Lipinski definition) is 5. The van der Waals surface area contributed by atoms with Crippen molar-refractivity contribution < 1.29 is 23.9 Å². The summed E-state index contributed by atoms with van der Waals surface area (Å²) in [5.74, 6) is -1.74. The van der Waals surface area contributed by atoms with Gasteiger partial charge in [0.2, 0.25) is 5.91 Å². The van der Waals surface area contributed by atoms with E-state index in [-0.39, 0.29) is 0 Å². The molecule has 0 bridgehead atoms. The average Bonchev–Trinajstić information content (AvgIpc) is 2.73. The first-order chi connectivity index (χ1) is 14.0.